The molecule has 94 valence electrons. The van der Waals surface area contributed by atoms with Crippen LogP contribution in [0.3, 0.4) is 0 Å². The molecule has 0 bridgehead atoms. The summed E-state index contributed by atoms with van der Waals surface area (Å²) in [7, 11) is 0. The van der Waals surface area contributed by atoms with Crippen molar-refractivity contribution in [3.05, 3.63) is 29.8 Å². The van der Waals surface area contributed by atoms with E-state index < -0.39 is 0 Å². The van der Waals surface area contributed by atoms with Gasteiger partial charge in [-0.2, -0.15) is 0 Å². The van der Waals surface area contributed by atoms with E-state index in [9.17, 15) is 0 Å². The summed E-state index contributed by atoms with van der Waals surface area (Å²) >= 11 is 0. The third-order valence-corrected chi connectivity index (χ3v) is 3.63. The highest BCUT2D eigenvalue weighted by atomic mass is 16.5. The first-order valence-corrected chi connectivity index (χ1v) is 6.63. The van der Waals surface area contributed by atoms with Crippen LogP contribution < -0.4 is 10.5 Å². The van der Waals surface area contributed by atoms with E-state index in [0.29, 0.717) is 0 Å². The summed E-state index contributed by atoms with van der Waals surface area (Å²) in [6.45, 7) is 5.28. The van der Waals surface area contributed by atoms with Crippen molar-refractivity contribution < 1.29 is 4.74 Å². The van der Waals surface area contributed by atoms with Gasteiger partial charge in [-0.3, -0.25) is 0 Å². The van der Waals surface area contributed by atoms with Gasteiger partial charge in [0.2, 0.25) is 0 Å². The van der Waals surface area contributed by atoms with Gasteiger partial charge in [-0.05, 0) is 18.4 Å². The molecule has 2 rings (SSSR count). The molecular weight excluding hydrogens is 210 g/mol. The van der Waals surface area contributed by atoms with Crippen molar-refractivity contribution in [2.75, 3.05) is 6.61 Å². The van der Waals surface area contributed by atoms with E-state index in [1.54, 1.807) is 0 Å². The van der Waals surface area contributed by atoms with Gasteiger partial charge in [0.05, 0.1) is 6.61 Å². The first-order valence-electron chi connectivity index (χ1n) is 6.63. The molecule has 0 aliphatic carbocycles. The van der Waals surface area contributed by atoms with Crippen LogP contribution >= 0.6 is 0 Å². The Morgan fingerprint density at radius 2 is 2.12 bits per heavy atom. The van der Waals surface area contributed by atoms with E-state index in [0.717, 1.165) is 31.1 Å². The number of nitrogens with two attached hydrogens (primary N) is 1. The number of rotatable bonds is 4. The summed E-state index contributed by atoms with van der Waals surface area (Å²) in [5, 5.41) is 0. The first kappa shape index (κ1) is 12.4. The molecule has 0 saturated heterocycles. The molecule has 17 heavy (non-hydrogen) atoms. The number of hydrogen-bond acceptors (Lipinski definition) is 2. The van der Waals surface area contributed by atoms with Crippen molar-refractivity contribution in [3.63, 3.8) is 0 Å². The molecule has 0 fully saturated rings. The van der Waals surface area contributed by atoms with E-state index in [2.05, 4.69) is 26.0 Å². The maximum absolute atomic E-state index is 6.58. The number of ether oxygens (including phenoxy) is 1. The lowest BCUT2D eigenvalue weighted by atomic mass is 9.81. The van der Waals surface area contributed by atoms with Crippen LogP contribution in [0, 0.1) is 5.92 Å². The lowest BCUT2D eigenvalue weighted by molar-refractivity contribution is 0.204. The van der Waals surface area contributed by atoms with Crippen LogP contribution in [0.4, 0.5) is 0 Å². The van der Waals surface area contributed by atoms with Gasteiger partial charge in [-0.25, -0.2) is 0 Å². The minimum atomic E-state index is -0.177. The number of benzene rings is 1. The predicted octanol–water partition coefficient (Wildman–Crippen LogP) is 3.45. The highest BCUT2D eigenvalue weighted by molar-refractivity contribution is 5.40. The van der Waals surface area contributed by atoms with E-state index in [4.69, 9.17) is 10.5 Å². The average molecular weight is 233 g/mol. The third-order valence-electron chi connectivity index (χ3n) is 3.63. The van der Waals surface area contributed by atoms with Gasteiger partial charge in [0, 0.05) is 17.5 Å². The lowest BCUT2D eigenvalue weighted by Crippen LogP contribution is -2.41. The molecule has 1 atom stereocenters. The van der Waals surface area contributed by atoms with Gasteiger partial charge in [-0.15, -0.1) is 0 Å². The molecule has 0 radical (unpaired) electrons. The van der Waals surface area contributed by atoms with Crippen molar-refractivity contribution in [3.8, 4) is 5.75 Å². The molecule has 1 aliphatic heterocycles. The highest BCUT2D eigenvalue weighted by Crippen LogP contribution is 2.38. The Bertz CT molecular complexity index is 375. The van der Waals surface area contributed by atoms with Gasteiger partial charge in [0.1, 0.15) is 5.75 Å². The first-order chi connectivity index (χ1) is 8.12. The van der Waals surface area contributed by atoms with Crippen molar-refractivity contribution in [2.24, 2.45) is 11.7 Å². The van der Waals surface area contributed by atoms with Gasteiger partial charge in [0.15, 0.2) is 0 Å². The number of hydrogen-bond donors (Lipinski definition) is 1. The SMILES string of the molecule is CC(C)CCCC1(N)CCOc2ccccc21. The highest BCUT2D eigenvalue weighted by Gasteiger charge is 2.32. The summed E-state index contributed by atoms with van der Waals surface area (Å²) in [5.41, 5.74) is 7.59. The van der Waals surface area contributed by atoms with Crippen LogP contribution in [0.25, 0.3) is 0 Å². The third kappa shape index (κ3) is 2.81. The molecule has 0 amide bonds. The van der Waals surface area contributed by atoms with Crippen LogP contribution in [0.5, 0.6) is 5.75 Å². The van der Waals surface area contributed by atoms with Crippen molar-refractivity contribution in [1.29, 1.82) is 0 Å². The Morgan fingerprint density at radius 1 is 1.35 bits per heavy atom. The number of fused-ring (bicyclic) bond motifs is 1. The molecule has 1 unspecified atom stereocenters. The normalized spacial score (nSPS) is 23.3. The van der Waals surface area contributed by atoms with Crippen molar-refractivity contribution in [1.82, 2.24) is 0 Å². The summed E-state index contributed by atoms with van der Waals surface area (Å²) in [5.74, 6) is 1.74. The molecule has 1 heterocycles. The van der Waals surface area contributed by atoms with Crippen LogP contribution in [-0.2, 0) is 5.54 Å². The average Bonchev–Trinajstić information content (AvgIpc) is 2.29. The van der Waals surface area contributed by atoms with E-state index in [1.165, 1.54) is 18.4 Å². The maximum Gasteiger partial charge on any atom is 0.124 e. The molecule has 2 heteroatoms. The fraction of sp³-hybridized carbons (Fsp3) is 0.600. The van der Waals surface area contributed by atoms with E-state index in [1.807, 2.05) is 12.1 Å². The minimum absolute atomic E-state index is 0.177. The Balaban J connectivity index is 2.10. The summed E-state index contributed by atoms with van der Waals surface area (Å²) < 4.78 is 5.67. The van der Waals surface area contributed by atoms with Gasteiger partial charge in [0.25, 0.3) is 0 Å². The Hall–Kier alpha value is -1.02. The second-order valence-electron chi connectivity index (χ2n) is 5.54. The smallest absolute Gasteiger partial charge is 0.124 e. The van der Waals surface area contributed by atoms with Gasteiger partial charge < -0.3 is 10.5 Å². The topological polar surface area (TPSA) is 35.2 Å². The number of para-hydroxylation sites is 1. The Morgan fingerprint density at radius 3 is 2.88 bits per heavy atom. The van der Waals surface area contributed by atoms with E-state index >= 15 is 0 Å². The van der Waals surface area contributed by atoms with Gasteiger partial charge in [-0.1, -0.05) is 44.9 Å². The zero-order valence-electron chi connectivity index (χ0n) is 10.9. The van der Waals surface area contributed by atoms with Crippen LogP contribution in [0.15, 0.2) is 24.3 Å². The zero-order valence-corrected chi connectivity index (χ0v) is 10.9. The summed E-state index contributed by atoms with van der Waals surface area (Å²) in [6, 6.07) is 8.21. The maximum atomic E-state index is 6.58. The molecule has 0 aromatic heterocycles. The second-order valence-corrected chi connectivity index (χ2v) is 5.54. The van der Waals surface area contributed by atoms with E-state index in [-0.39, 0.29) is 5.54 Å². The monoisotopic (exact) mass is 233 g/mol. The lowest BCUT2D eigenvalue weighted by Gasteiger charge is -2.35. The quantitative estimate of drug-likeness (QED) is 0.864. The van der Waals surface area contributed by atoms with Crippen LogP contribution in [-0.4, -0.2) is 6.61 Å². The van der Waals surface area contributed by atoms with Crippen molar-refractivity contribution in [2.45, 2.75) is 45.1 Å². The fourth-order valence-corrected chi connectivity index (χ4v) is 2.57. The standard InChI is InChI=1S/C15H23NO/c1-12(2)6-5-9-15(16)10-11-17-14-8-4-3-7-13(14)15/h3-4,7-8,12H,5-6,9-11,16H2,1-2H3. The molecule has 1 aromatic carbocycles. The minimum Gasteiger partial charge on any atom is -0.493 e. The molecular formula is C15H23NO. The molecule has 1 aromatic rings. The molecule has 0 saturated carbocycles. The van der Waals surface area contributed by atoms with Crippen molar-refractivity contribution >= 4 is 0 Å². The molecule has 1 aliphatic rings. The van der Waals surface area contributed by atoms with Crippen LogP contribution in [0.1, 0.15) is 45.1 Å². The van der Waals surface area contributed by atoms with Gasteiger partial charge >= 0.3 is 0 Å². The zero-order chi connectivity index (χ0) is 12.3. The van der Waals surface area contributed by atoms with Crippen LogP contribution in [0.2, 0.25) is 0 Å². The molecule has 0 spiro atoms. The Kier molecular flexibility index (Phi) is 3.72. The molecule has 2 N–H and O–H groups in total. The summed E-state index contributed by atoms with van der Waals surface area (Å²) in [6.07, 6.45) is 4.44. The predicted molar refractivity (Wildman–Crippen MR) is 71.1 cm³/mol. The largest absolute Gasteiger partial charge is 0.493 e. The summed E-state index contributed by atoms with van der Waals surface area (Å²) in [4.78, 5) is 0. The fourth-order valence-electron chi connectivity index (χ4n) is 2.57. The Labute approximate surface area is 104 Å². The second kappa shape index (κ2) is 5.09. The molecule has 2 nitrogen and oxygen atoms in total.